The smallest absolute Gasteiger partial charge is 0.326 e. The molecule has 0 spiro atoms. The molecule has 1 aliphatic heterocycles. The van der Waals surface area contributed by atoms with Gasteiger partial charge in [-0.2, -0.15) is 0 Å². The first-order valence-electron chi connectivity index (χ1n) is 14.0. The molecule has 1 heterocycles. The Bertz CT molecular complexity index is 1560. The van der Waals surface area contributed by atoms with Crippen LogP contribution < -0.4 is 9.98 Å². The summed E-state index contributed by atoms with van der Waals surface area (Å²) in [5.41, 5.74) is 3.19. The van der Waals surface area contributed by atoms with E-state index in [0.717, 1.165) is 38.2 Å². The van der Waals surface area contributed by atoms with Crippen LogP contribution in [0, 0.1) is 0 Å². The molecule has 1 fully saturated rings. The van der Waals surface area contributed by atoms with Gasteiger partial charge in [-0.15, -0.1) is 14.4 Å². The first kappa shape index (κ1) is 27.5. The standard InChI is InChI=1S/C34H34N3O3P/c1-40-34(38)33(23-26-11-3-2-4-12-26)35-41(39)36(24-29-17-9-15-27-13-5-7-19-31(27)29)21-22-37(41)25-30-18-10-16-28-14-6-8-20-32(28)30/h2-20,33H,21-25H2,1H3,(H,35,39)/t33-/m0/s1. The van der Waals surface area contributed by atoms with Crippen LogP contribution in [0.3, 0.4) is 0 Å². The number of rotatable bonds is 9. The quantitative estimate of drug-likeness (QED) is 0.183. The number of hydrogen-bond donors (Lipinski definition) is 1. The third kappa shape index (κ3) is 5.76. The summed E-state index contributed by atoms with van der Waals surface area (Å²) in [6, 6.07) is 38.1. The lowest BCUT2D eigenvalue weighted by atomic mass is 10.0. The number of hydrogen-bond acceptors (Lipinski definition) is 6. The van der Waals surface area contributed by atoms with E-state index in [2.05, 4.69) is 53.6 Å². The van der Waals surface area contributed by atoms with E-state index >= 15 is 4.89 Å². The number of nitrogens with zero attached hydrogens (tertiary/aromatic N) is 2. The molecule has 6 nitrogen and oxygen atoms in total. The molecule has 208 valence electrons. The summed E-state index contributed by atoms with van der Waals surface area (Å²) < 4.78 is 9.26. The number of ether oxygens (including phenoxy) is 1. The van der Waals surface area contributed by atoms with Gasteiger partial charge in [0.25, 0.3) is 0 Å². The van der Waals surface area contributed by atoms with Gasteiger partial charge in [0.15, 0.2) is 7.94 Å². The average molecular weight is 564 g/mol. The fourth-order valence-electron chi connectivity index (χ4n) is 5.82. The molecule has 0 aliphatic carbocycles. The zero-order valence-electron chi connectivity index (χ0n) is 23.1. The Balaban J connectivity index is 1.37. The van der Waals surface area contributed by atoms with Crippen molar-refractivity contribution in [1.82, 2.24) is 14.4 Å². The van der Waals surface area contributed by atoms with E-state index in [-0.39, 0.29) is 0 Å². The molecule has 5 aromatic carbocycles. The van der Waals surface area contributed by atoms with Crippen LogP contribution in [0.4, 0.5) is 0 Å². The highest BCUT2D eigenvalue weighted by Gasteiger charge is 2.50. The highest BCUT2D eigenvalue weighted by molar-refractivity contribution is 7.62. The predicted molar refractivity (Wildman–Crippen MR) is 165 cm³/mol. The van der Waals surface area contributed by atoms with E-state index in [0.29, 0.717) is 32.6 Å². The Hall–Kier alpha value is -3.64. The summed E-state index contributed by atoms with van der Waals surface area (Å²) in [6.07, 6.45) is 0.377. The monoisotopic (exact) mass is 563 g/mol. The van der Waals surface area contributed by atoms with E-state index in [9.17, 15) is 4.79 Å². The van der Waals surface area contributed by atoms with E-state index < -0.39 is 20.0 Å². The summed E-state index contributed by atoms with van der Waals surface area (Å²) in [7, 11) is -2.04. The molecule has 0 bridgehead atoms. The van der Waals surface area contributed by atoms with Crippen molar-refractivity contribution >= 4 is 35.5 Å². The molecule has 0 amide bonds. The van der Waals surface area contributed by atoms with Crippen molar-refractivity contribution in [3.63, 3.8) is 0 Å². The molecular formula is C34H34N3O3P. The van der Waals surface area contributed by atoms with Crippen molar-refractivity contribution in [1.29, 1.82) is 0 Å². The predicted octanol–water partition coefficient (Wildman–Crippen LogP) is 5.72. The van der Waals surface area contributed by atoms with E-state index in [1.165, 1.54) is 7.11 Å². The van der Waals surface area contributed by atoms with Crippen LogP contribution in [0.25, 0.3) is 21.5 Å². The van der Waals surface area contributed by atoms with Gasteiger partial charge in [-0.05, 0) is 38.2 Å². The van der Waals surface area contributed by atoms with Gasteiger partial charge < -0.3 is 9.63 Å². The van der Waals surface area contributed by atoms with Crippen LogP contribution in [0.5, 0.6) is 0 Å². The van der Waals surface area contributed by atoms with Crippen LogP contribution >= 0.6 is 7.94 Å². The van der Waals surface area contributed by atoms with Crippen molar-refractivity contribution in [3.8, 4) is 0 Å². The average Bonchev–Trinajstić information content (AvgIpc) is 3.31. The summed E-state index contributed by atoms with van der Waals surface area (Å²) in [4.78, 5) is 28.4. The largest absolute Gasteiger partial charge is 0.636 e. The fourth-order valence-corrected chi connectivity index (χ4v) is 8.52. The lowest BCUT2D eigenvalue weighted by molar-refractivity contribution is -0.196. The molecule has 0 unspecified atom stereocenters. The van der Waals surface area contributed by atoms with Gasteiger partial charge in [0.2, 0.25) is 0 Å². The van der Waals surface area contributed by atoms with Crippen LogP contribution in [0.15, 0.2) is 115 Å². The SMILES string of the molecule is COC(=O)[C@H](Cc1ccccc1)N[P+]1([O-])N(Cc2cccc3ccccc23)CCN1Cc1cccc2ccccc12. The van der Waals surface area contributed by atoms with Gasteiger partial charge in [-0.1, -0.05) is 115 Å². The summed E-state index contributed by atoms with van der Waals surface area (Å²) >= 11 is 0. The Morgan fingerprint density at radius 3 is 1.78 bits per heavy atom. The summed E-state index contributed by atoms with van der Waals surface area (Å²) in [5.74, 6) is -0.425. The molecule has 7 heteroatoms. The third-order valence-electron chi connectivity index (χ3n) is 7.94. The van der Waals surface area contributed by atoms with E-state index in [1.807, 2.05) is 76.1 Å². The van der Waals surface area contributed by atoms with E-state index in [4.69, 9.17) is 4.74 Å². The van der Waals surface area contributed by atoms with Crippen LogP contribution in [0.2, 0.25) is 0 Å². The number of esters is 1. The highest BCUT2D eigenvalue weighted by Crippen LogP contribution is 2.59. The Morgan fingerprint density at radius 1 is 0.756 bits per heavy atom. The van der Waals surface area contributed by atoms with E-state index in [1.54, 1.807) is 0 Å². The first-order chi connectivity index (χ1) is 20.0. The number of carbonyl (C=O) groups is 1. The fraction of sp³-hybridized carbons (Fsp3) is 0.206. The topological polar surface area (TPSA) is 67.9 Å². The van der Waals surface area contributed by atoms with Gasteiger partial charge in [0, 0.05) is 6.42 Å². The number of fused-ring (bicyclic) bond motifs is 2. The number of methoxy groups -OCH3 is 1. The Kier molecular flexibility index (Phi) is 8.11. The molecule has 5 aromatic rings. The molecule has 0 aromatic heterocycles. The molecule has 0 saturated carbocycles. The maximum atomic E-state index is 15.3. The second-order valence-corrected chi connectivity index (χ2v) is 13.0. The minimum atomic E-state index is -3.42. The van der Waals surface area contributed by atoms with Gasteiger partial charge >= 0.3 is 5.97 Å². The zero-order valence-corrected chi connectivity index (χ0v) is 24.0. The normalized spacial score (nSPS) is 16.2. The van der Waals surface area contributed by atoms with Crippen molar-refractivity contribution in [2.24, 2.45) is 0 Å². The second kappa shape index (κ2) is 12.1. The second-order valence-electron chi connectivity index (χ2n) is 10.5. The molecule has 1 aliphatic rings. The van der Waals surface area contributed by atoms with Crippen molar-refractivity contribution in [2.45, 2.75) is 25.6 Å². The number of carbonyl (C=O) groups excluding carboxylic acids is 1. The maximum Gasteiger partial charge on any atom is 0.326 e. The van der Waals surface area contributed by atoms with Crippen LogP contribution in [0.1, 0.15) is 16.7 Å². The molecule has 1 saturated heterocycles. The molecule has 1 atom stereocenters. The van der Waals surface area contributed by atoms with Crippen LogP contribution in [-0.2, 0) is 29.0 Å². The maximum absolute atomic E-state index is 15.3. The van der Waals surface area contributed by atoms with Gasteiger partial charge in [-0.25, -0.2) is 0 Å². The van der Waals surface area contributed by atoms with Crippen LogP contribution in [-0.4, -0.2) is 41.6 Å². The molecule has 1 N–H and O–H groups in total. The number of benzene rings is 5. The highest BCUT2D eigenvalue weighted by atomic mass is 31.2. The minimum Gasteiger partial charge on any atom is -0.636 e. The first-order valence-corrected chi connectivity index (χ1v) is 15.6. The van der Waals surface area contributed by atoms with Crippen molar-refractivity contribution < 1.29 is 14.4 Å². The molecular weight excluding hydrogens is 529 g/mol. The summed E-state index contributed by atoms with van der Waals surface area (Å²) in [6.45, 7) is 2.21. The van der Waals surface area contributed by atoms with Gasteiger partial charge in [0.1, 0.15) is 6.04 Å². The van der Waals surface area contributed by atoms with Crippen molar-refractivity contribution in [3.05, 3.63) is 132 Å². The Labute approximate surface area is 241 Å². The van der Waals surface area contributed by atoms with Gasteiger partial charge in [-0.3, -0.25) is 4.79 Å². The Morgan fingerprint density at radius 2 is 1.24 bits per heavy atom. The van der Waals surface area contributed by atoms with Crippen molar-refractivity contribution in [2.75, 3.05) is 20.2 Å². The molecule has 0 radical (unpaired) electrons. The summed E-state index contributed by atoms with van der Waals surface area (Å²) in [5, 5.41) is 7.94. The lowest BCUT2D eigenvalue weighted by Crippen LogP contribution is -2.49. The zero-order chi connectivity index (χ0) is 28.2. The molecule has 41 heavy (non-hydrogen) atoms. The molecule has 6 rings (SSSR count). The van der Waals surface area contributed by atoms with Gasteiger partial charge in [0.05, 0.1) is 33.3 Å². The third-order valence-corrected chi connectivity index (χ3v) is 10.8. The number of nitrogens with one attached hydrogen (secondary N) is 1. The lowest BCUT2D eigenvalue weighted by Gasteiger charge is -2.41. The minimum absolute atomic E-state index is 0.377.